The number of amides is 1. The summed E-state index contributed by atoms with van der Waals surface area (Å²) in [7, 11) is 0. The van der Waals surface area contributed by atoms with Crippen LogP contribution in [0.2, 0.25) is 0 Å². The number of alkyl halides is 2. The Bertz CT molecular complexity index is 1140. The van der Waals surface area contributed by atoms with Gasteiger partial charge in [-0.25, -0.2) is 18.7 Å². The zero-order valence-electron chi connectivity index (χ0n) is 14.4. The second-order valence-electron chi connectivity index (χ2n) is 6.50. The molecule has 2 unspecified atom stereocenters. The molecular formula is C20H14F2N4OS. The Morgan fingerprint density at radius 2 is 2.00 bits per heavy atom. The summed E-state index contributed by atoms with van der Waals surface area (Å²) in [6.45, 7) is 0. The third kappa shape index (κ3) is 2.72. The highest BCUT2D eigenvalue weighted by atomic mass is 32.2. The van der Waals surface area contributed by atoms with Gasteiger partial charge in [0.15, 0.2) is 5.65 Å². The number of rotatable bonds is 3. The number of thioether (sulfide) groups is 1. The van der Waals surface area contributed by atoms with Crippen molar-refractivity contribution >= 4 is 33.9 Å². The van der Waals surface area contributed by atoms with Crippen LogP contribution in [0.5, 0.6) is 0 Å². The van der Waals surface area contributed by atoms with E-state index in [2.05, 4.69) is 15.3 Å². The molecule has 1 aromatic carbocycles. The van der Waals surface area contributed by atoms with Crippen LogP contribution in [-0.4, -0.2) is 31.1 Å². The predicted molar refractivity (Wildman–Crippen MR) is 105 cm³/mol. The molecule has 3 aromatic rings. The van der Waals surface area contributed by atoms with Crippen molar-refractivity contribution in [2.24, 2.45) is 0 Å². The third-order valence-electron chi connectivity index (χ3n) is 4.79. The summed E-state index contributed by atoms with van der Waals surface area (Å²) in [6.07, 6.45) is 4.47. The maximum absolute atomic E-state index is 13.5. The fraction of sp³-hybridized carbons (Fsp3) is 0.150. The monoisotopic (exact) mass is 396 g/mol. The lowest BCUT2D eigenvalue weighted by Gasteiger charge is -2.19. The molecule has 1 fully saturated rings. The number of aromatic nitrogens is 3. The number of carbonyl (C=O) groups is 1. The fourth-order valence-electron chi connectivity index (χ4n) is 3.51. The molecule has 5 nitrogen and oxygen atoms in total. The number of halogens is 2. The summed E-state index contributed by atoms with van der Waals surface area (Å²) in [6, 6.07) is 10.6. The molecule has 2 atom stereocenters. The van der Waals surface area contributed by atoms with Crippen molar-refractivity contribution in [2.45, 2.75) is 17.7 Å². The Kier molecular flexibility index (Phi) is 4.01. The van der Waals surface area contributed by atoms with Gasteiger partial charge in [0.1, 0.15) is 11.3 Å². The van der Waals surface area contributed by atoms with Gasteiger partial charge < -0.3 is 5.32 Å². The van der Waals surface area contributed by atoms with Crippen LogP contribution in [0.15, 0.2) is 60.8 Å². The number of fused-ring (bicyclic) bond motifs is 2. The average molecular weight is 396 g/mol. The lowest BCUT2D eigenvalue weighted by molar-refractivity contribution is 0.153. The van der Waals surface area contributed by atoms with Gasteiger partial charge in [-0.1, -0.05) is 48.2 Å². The maximum atomic E-state index is 13.5. The second kappa shape index (κ2) is 6.56. The number of benzene rings is 1. The van der Waals surface area contributed by atoms with Crippen molar-refractivity contribution in [1.29, 1.82) is 0 Å². The van der Waals surface area contributed by atoms with Crippen LogP contribution in [-0.2, 0) is 0 Å². The summed E-state index contributed by atoms with van der Waals surface area (Å²) in [4.78, 5) is 20.6. The SMILES string of the molecule is O=C1NC2C=CC(n3c(-c4ccccc4)nc4c(C(F)F)ccnc43)=CC2S1. The highest BCUT2D eigenvalue weighted by Gasteiger charge is 2.33. The highest BCUT2D eigenvalue weighted by Crippen LogP contribution is 2.36. The first kappa shape index (κ1) is 17.1. The molecule has 1 aliphatic carbocycles. The van der Waals surface area contributed by atoms with Crippen LogP contribution in [0.3, 0.4) is 0 Å². The Labute approximate surface area is 163 Å². The number of imidazole rings is 1. The number of allylic oxidation sites excluding steroid dienone is 2. The summed E-state index contributed by atoms with van der Waals surface area (Å²) in [5.74, 6) is 0.535. The summed E-state index contributed by atoms with van der Waals surface area (Å²) < 4.78 is 28.9. The molecule has 8 heteroatoms. The van der Waals surface area contributed by atoms with Gasteiger partial charge in [0.25, 0.3) is 11.7 Å². The summed E-state index contributed by atoms with van der Waals surface area (Å²) in [5.41, 5.74) is 1.96. The first-order chi connectivity index (χ1) is 13.6. The Hall–Kier alpha value is -3.00. The van der Waals surface area contributed by atoms with Gasteiger partial charge in [-0.15, -0.1) is 0 Å². The largest absolute Gasteiger partial charge is 0.339 e. The van der Waals surface area contributed by atoms with Gasteiger partial charge in [-0.2, -0.15) is 0 Å². The van der Waals surface area contributed by atoms with E-state index in [0.717, 1.165) is 11.3 Å². The molecule has 3 heterocycles. The zero-order chi connectivity index (χ0) is 19.3. The Morgan fingerprint density at radius 3 is 2.79 bits per heavy atom. The number of nitrogens with zero attached hydrogens (tertiary/aromatic N) is 3. The molecule has 1 saturated heterocycles. The fourth-order valence-corrected chi connectivity index (χ4v) is 4.48. The molecule has 1 amide bonds. The molecule has 0 spiro atoms. The van der Waals surface area contributed by atoms with E-state index in [-0.39, 0.29) is 27.6 Å². The van der Waals surface area contributed by atoms with Crippen molar-refractivity contribution in [3.8, 4) is 11.4 Å². The zero-order valence-corrected chi connectivity index (χ0v) is 15.2. The molecule has 2 aromatic heterocycles. The van der Waals surface area contributed by atoms with E-state index < -0.39 is 6.43 Å². The van der Waals surface area contributed by atoms with Crippen LogP contribution in [0.25, 0.3) is 28.2 Å². The predicted octanol–water partition coefficient (Wildman–Crippen LogP) is 4.64. The topological polar surface area (TPSA) is 59.8 Å². The van der Waals surface area contributed by atoms with Crippen LogP contribution in [0.4, 0.5) is 13.6 Å². The number of hydrogen-bond acceptors (Lipinski definition) is 4. The first-order valence-corrected chi connectivity index (χ1v) is 9.58. The van der Waals surface area contributed by atoms with Crippen molar-refractivity contribution in [3.05, 3.63) is 66.4 Å². The molecule has 0 radical (unpaired) electrons. The van der Waals surface area contributed by atoms with Gasteiger partial charge in [0, 0.05) is 23.0 Å². The molecule has 2 aliphatic rings. The molecule has 1 N–H and O–H groups in total. The van der Waals surface area contributed by atoms with E-state index in [1.165, 1.54) is 24.0 Å². The quantitative estimate of drug-likeness (QED) is 0.701. The molecule has 0 bridgehead atoms. The normalized spacial score (nSPS) is 21.1. The van der Waals surface area contributed by atoms with Crippen molar-refractivity contribution < 1.29 is 13.6 Å². The maximum Gasteiger partial charge on any atom is 0.280 e. The molecule has 140 valence electrons. The third-order valence-corrected chi connectivity index (χ3v) is 5.83. The van der Waals surface area contributed by atoms with Crippen molar-refractivity contribution in [3.63, 3.8) is 0 Å². The smallest absolute Gasteiger partial charge is 0.280 e. The minimum Gasteiger partial charge on any atom is -0.339 e. The van der Waals surface area contributed by atoms with Gasteiger partial charge in [0.05, 0.1) is 11.3 Å². The van der Waals surface area contributed by atoms with Gasteiger partial charge in [-0.05, 0) is 18.2 Å². The second-order valence-corrected chi connectivity index (χ2v) is 7.65. The molecule has 0 saturated carbocycles. The standard InChI is InChI=1S/C20H14F2N4OS/c21-17(22)13-8-9-23-19-16(13)25-18(11-4-2-1-3-5-11)26(19)12-6-7-14-15(10-12)28-20(27)24-14/h1-10,14-15,17H,(H,24,27). The van der Waals surface area contributed by atoms with E-state index in [4.69, 9.17) is 0 Å². The highest BCUT2D eigenvalue weighted by molar-refractivity contribution is 8.14. The lowest BCUT2D eigenvalue weighted by Crippen LogP contribution is -2.30. The molecule has 1 aliphatic heterocycles. The van der Waals surface area contributed by atoms with Gasteiger partial charge >= 0.3 is 0 Å². The van der Waals surface area contributed by atoms with E-state index >= 15 is 0 Å². The van der Waals surface area contributed by atoms with Crippen LogP contribution in [0, 0.1) is 0 Å². The van der Waals surface area contributed by atoms with Gasteiger partial charge in [0.2, 0.25) is 0 Å². The minimum absolute atomic E-state index is 0.0631. The molecule has 5 rings (SSSR count). The van der Waals surface area contributed by atoms with Crippen molar-refractivity contribution in [2.75, 3.05) is 0 Å². The Morgan fingerprint density at radius 1 is 1.18 bits per heavy atom. The lowest BCUT2D eigenvalue weighted by atomic mass is 10.1. The number of pyridine rings is 1. The van der Waals surface area contributed by atoms with E-state index in [1.54, 1.807) is 4.57 Å². The number of nitrogens with one attached hydrogen (secondary N) is 1. The van der Waals surface area contributed by atoms with Crippen molar-refractivity contribution in [1.82, 2.24) is 19.9 Å². The van der Waals surface area contributed by atoms with E-state index in [0.29, 0.717) is 11.5 Å². The van der Waals surface area contributed by atoms with Crippen LogP contribution < -0.4 is 5.32 Å². The summed E-state index contributed by atoms with van der Waals surface area (Å²) >= 11 is 1.21. The number of hydrogen-bond donors (Lipinski definition) is 1. The minimum atomic E-state index is -2.65. The van der Waals surface area contributed by atoms with Crippen LogP contribution >= 0.6 is 11.8 Å². The molecular weight excluding hydrogens is 382 g/mol. The van der Waals surface area contributed by atoms with E-state index in [1.807, 2.05) is 48.6 Å². The number of carbonyl (C=O) groups excluding carboxylic acids is 1. The molecule has 28 heavy (non-hydrogen) atoms. The average Bonchev–Trinajstić information content (AvgIpc) is 3.27. The van der Waals surface area contributed by atoms with Gasteiger partial charge in [-0.3, -0.25) is 9.36 Å². The summed E-state index contributed by atoms with van der Waals surface area (Å²) in [5, 5.41) is 2.74. The Balaban J connectivity index is 1.75. The van der Waals surface area contributed by atoms with E-state index in [9.17, 15) is 13.6 Å². The van der Waals surface area contributed by atoms with Crippen LogP contribution in [0.1, 0.15) is 12.0 Å². The first-order valence-electron chi connectivity index (χ1n) is 8.70.